The Morgan fingerprint density at radius 3 is 2.42 bits per heavy atom. The standard InChI is InChI=1S/C19H19NO4/c1-13-8-14(2)10-16(9-13)23-7-6-19(21)24-17-5-4-15(12-20)11-18(17)22-3/h4-5,8-11H,6-7H2,1-3H3. The van der Waals surface area contributed by atoms with Crippen molar-refractivity contribution in [2.45, 2.75) is 20.3 Å². The second-order valence-corrected chi connectivity index (χ2v) is 5.37. The molecule has 24 heavy (non-hydrogen) atoms. The maximum absolute atomic E-state index is 11.9. The van der Waals surface area contributed by atoms with Gasteiger partial charge in [0.05, 0.1) is 31.8 Å². The zero-order valence-electron chi connectivity index (χ0n) is 14.0. The van der Waals surface area contributed by atoms with Crippen LogP contribution in [0.5, 0.6) is 17.2 Å². The summed E-state index contributed by atoms with van der Waals surface area (Å²) >= 11 is 0. The topological polar surface area (TPSA) is 68.5 Å². The third kappa shape index (κ3) is 4.75. The van der Waals surface area contributed by atoms with E-state index in [0.717, 1.165) is 16.9 Å². The SMILES string of the molecule is COc1cc(C#N)ccc1OC(=O)CCOc1cc(C)cc(C)c1. The molecule has 5 nitrogen and oxygen atoms in total. The van der Waals surface area contributed by atoms with Crippen molar-refractivity contribution in [2.75, 3.05) is 13.7 Å². The van der Waals surface area contributed by atoms with Gasteiger partial charge in [0, 0.05) is 6.07 Å². The van der Waals surface area contributed by atoms with Crippen molar-refractivity contribution in [1.29, 1.82) is 5.26 Å². The van der Waals surface area contributed by atoms with Crippen LogP contribution in [-0.2, 0) is 4.79 Å². The van der Waals surface area contributed by atoms with E-state index in [9.17, 15) is 4.79 Å². The average Bonchev–Trinajstić information content (AvgIpc) is 2.54. The highest BCUT2D eigenvalue weighted by Crippen LogP contribution is 2.28. The molecule has 0 amide bonds. The summed E-state index contributed by atoms with van der Waals surface area (Å²) in [5.74, 6) is 0.934. The summed E-state index contributed by atoms with van der Waals surface area (Å²) in [7, 11) is 1.46. The third-order valence-electron chi connectivity index (χ3n) is 3.29. The van der Waals surface area contributed by atoms with E-state index < -0.39 is 5.97 Å². The zero-order chi connectivity index (χ0) is 17.5. The number of hydrogen-bond acceptors (Lipinski definition) is 5. The Hall–Kier alpha value is -3.00. The lowest BCUT2D eigenvalue weighted by Gasteiger charge is -2.10. The second-order valence-electron chi connectivity index (χ2n) is 5.37. The van der Waals surface area contributed by atoms with Crippen LogP contribution in [0.1, 0.15) is 23.1 Å². The number of benzene rings is 2. The molecule has 0 saturated heterocycles. The molecule has 0 N–H and O–H groups in total. The number of nitriles is 1. The number of hydrogen-bond donors (Lipinski definition) is 0. The Kier molecular flexibility index (Phi) is 5.80. The molecule has 124 valence electrons. The van der Waals surface area contributed by atoms with E-state index in [1.54, 1.807) is 12.1 Å². The molecule has 0 fully saturated rings. The molecule has 0 spiro atoms. The first-order valence-electron chi connectivity index (χ1n) is 7.51. The fraction of sp³-hybridized carbons (Fsp3) is 0.263. The summed E-state index contributed by atoms with van der Waals surface area (Å²) in [5, 5.41) is 8.86. The Labute approximate surface area is 141 Å². The van der Waals surface area contributed by atoms with Crippen LogP contribution in [0.15, 0.2) is 36.4 Å². The third-order valence-corrected chi connectivity index (χ3v) is 3.29. The second kappa shape index (κ2) is 8.02. The van der Waals surface area contributed by atoms with Crippen LogP contribution in [0, 0.1) is 25.2 Å². The number of carbonyl (C=O) groups excluding carboxylic acids is 1. The molecule has 0 aliphatic carbocycles. The molecule has 0 aromatic heterocycles. The predicted molar refractivity (Wildman–Crippen MR) is 89.4 cm³/mol. The van der Waals surface area contributed by atoms with Crippen LogP contribution in [0.25, 0.3) is 0 Å². The summed E-state index contributed by atoms with van der Waals surface area (Å²) in [4.78, 5) is 11.9. The minimum atomic E-state index is -0.428. The van der Waals surface area contributed by atoms with E-state index in [2.05, 4.69) is 6.07 Å². The molecular formula is C19H19NO4. The Balaban J connectivity index is 1.91. The summed E-state index contributed by atoms with van der Waals surface area (Å²) in [6.45, 7) is 4.21. The van der Waals surface area contributed by atoms with E-state index in [0.29, 0.717) is 11.3 Å². The van der Waals surface area contributed by atoms with Crippen molar-refractivity contribution in [2.24, 2.45) is 0 Å². The van der Waals surface area contributed by atoms with Crippen molar-refractivity contribution in [1.82, 2.24) is 0 Å². The lowest BCUT2D eigenvalue weighted by Crippen LogP contribution is -2.13. The Bertz CT molecular complexity index is 757. The van der Waals surface area contributed by atoms with E-state index in [-0.39, 0.29) is 18.8 Å². The van der Waals surface area contributed by atoms with Gasteiger partial charge in [0.15, 0.2) is 11.5 Å². The van der Waals surface area contributed by atoms with E-state index in [1.165, 1.54) is 13.2 Å². The van der Waals surface area contributed by atoms with Gasteiger partial charge in [-0.3, -0.25) is 4.79 Å². The van der Waals surface area contributed by atoms with Crippen LogP contribution in [-0.4, -0.2) is 19.7 Å². The van der Waals surface area contributed by atoms with Gasteiger partial charge in [0.1, 0.15) is 5.75 Å². The van der Waals surface area contributed by atoms with Crippen molar-refractivity contribution < 1.29 is 19.0 Å². The average molecular weight is 325 g/mol. The number of esters is 1. The number of methoxy groups -OCH3 is 1. The van der Waals surface area contributed by atoms with Crippen molar-refractivity contribution in [3.05, 3.63) is 53.1 Å². The summed E-state index contributed by atoms with van der Waals surface area (Å²) < 4.78 is 16.0. The van der Waals surface area contributed by atoms with Crippen LogP contribution in [0.2, 0.25) is 0 Å². The van der Waals surface area contributed by atoms with Gasteiger partial charge in [0.25, 0.3) is 0 Å². The van der Waals surface area contributed by atoms with Gasteiger partial charge in [-0.2, -0.15) is 5.26 Å². The summed E-state index contributed by atoms with van der Waals surface area (Å²) in [5.41, 5.74) is 2.65. The number of aryl methyl sites for hydroxylation is 2. The summed E-state index contributed by atoms with van der Waals surface area (Å²) in [6.07, 6.45) is 0.107. The molecular weight excluding hydrogens is 306 g/mol. The number of rotatable bonds is 6. The van der Waals surface area contributed by atoms with Crippen molar-refractivity contribution in [3.63, 3.8) is 0 Å². The van der Waals surface area contributed by atoms with Gasteiger partial charge in [-0.15, -0.1) is 0 Å². The molecule has 0 radical (unpaired) electrons. The van der Waals surface area contributed by atoms with Crippen molar-refractivity contribution >= 4 is 5.97 Å². The maximum atomic E-state index is 11.9. The normalized spacial score (nSPS) is 9.92. The minimum absolute atomic E-state index is 0.107. The number of ether oxygens (including phenoxy) is 3. The first-order chi connectivity index (χ1) is 11.5. The van der Waals surface area contributed by atoms with E-state index in [1.807, 2.05) is 32.0 Å². The highest BCUT2D eigenvalue weighted by atomic mass is 16.6. The van der Waals surface area contributed by atoms with Crippen LogP contribution >= 0.6 is 0 Å². The largest absolute Gasteiger partial charge is 0.493 e. The Morgan fingerprint density at radius 2 is 1.79 bits per heavy atom. The molecule has 0 unspecified atom stereocenters. The first kappa shape index (κ1) is 17.4. The molecule has 2 aromatic rings. The maximum Gasteiger partial charge on any atom is 0.314 e. The molecule has 2 aromatic carbocycles. The molecule has 0 aliphatic heterocycles. The molecule has 0 heterocycles. The predicted octanol–water partition coefficient (Wildman–Crippen LogP) is 3.56. The number of carbonyl (C=O) groups is 1. The highest BCUT2D eigenvalue weighted by Gasteiger charge is 2.11. The Morgan fingerprint density at radius 1 is 1.08 bits per heavy atom. The smallest absolute Gasteiger partial charge is 0.314 e. The van der Waals surface area contributed by atoms with Gasteiger partial charge in [0.2, 0.25) is 0 Å². The lowest BCUT2D eigenvalue weighted by atomic mass is 10.1. The molecule has 5 heteroatoms. The first-order valence-corrected chi connectivity index (χ1v) is 7.51. The highest BCUT2D eigenvalue weighted by molar-refractivity contribution is 5.73. The quantitative estimate of drug-likeness (QED) is 0.600. The van der Waals surface area contributed by atoms with Crippen LogP contribution in [0.3, 0.4) is 0 Å². The molecule has 0 bridgehead atoms. The van der Waals surface area contributed by atoms with Crippen molar-refractivity contribution in [3.8, 4) is 23.3 Å². The van der Waals surface area contributed by atoms with Gasteiger partial charge >= 0.3 is 5.97 Å². The van der Waals surface area contributed by atoms with Gasteiger partial charge in [-0.1, -0.05) is 6.07 Å². The molecule has 0 atom stereocenters. The van der Waals surface area contributed by atoms with Gasteiger partial charge in [-0.05, 0) is 49.2 Å². The monoisotopic (exact) mass is 325 g/mol. The number of nitrogens with zero attached hydrogens (tertiary/aromatic N) is 1. The fourth-order valence-corrected chi connectivity index (χ4v) is 2.26. The molecule has 0 aliphatic rings. The fourth-order valence-electron chi connectivity index (χ4n) is 2.26. The lowest BCUT2D eigenvalue weighted by molar-refractivity contribution is -0.135. The van der Waals surface area contributed by atoms with Crippen LogP contribution in [0.4, 0.5) is 0 Å². The minimum Gasteiger partial charge on any atom is -0.493 e. The van der Waals surface area contributed by atoms with E-state index >= 15 is 0 Å². The van der Waals surface area contributed by atoms with Gasteiger partial charge < -0.3 is 14.2 Å². The zero-order valence-corrected chi connectivity index (χ0v) is 14.0. The summed E-state index contributed by atoms with van der Waals surface area (Å²) in [6, 6.07) is 12.5. The molecule has 2 rings (SSSR count). The van der Waals surface area contributed by atoms with Crippen LogP contribution < -0.4 is 14.2 Å². The molecule has 0 saturated carbocycles. The van der Waals surface area contributed by atoms with Gasteiger partial charge in [-0.25, -0.2) is 0 Å². The van der Waals surface area contributed by atoms with E-state index in [4.69, 9.17) is 19.5 Å².